The minimum atomic E-state index is 0. The Morgan fingerprint density at radius 1 is 1.29 bits per heavy atom. The molecule has 0 bridgehead atoms. The fourth-order valence-electron chi connectivity index (χ4n) is 2.61. The third-order valence-corrected chi connectivity index (χ3v) is 3.72. The molecule has 3 rings (SSSR count). The summed E-state index contributed by atoms with van der Waals surface area (Å²) in [4.78, 5) is 7.04. The predicted molar refractivity (Wildman–Crippen MR) is 83.6 cm³/mol. The normalized spacial score (nSPS) is 18.4. The molecule has 0 spiro atoms. The molecule has 5 heteroatoms. The summed E-state index contributed by atoms with van der Waals surface area (Å²) in [6.07, 6.45) is 10.5. The van der Waals surface area contributed by atoms with Crippen LogP contribution in [0.1, 0.15) is 5.69 Å². The number of piperazine rings is 1. The van der Waals surface area contributed by atoms with Gasteiger partial charge in [0.05, 0.1) is 11.4 Å². The van der Waals surface area contributed by atoms with Gasteiger partial charge in [-0.2, -0.15) is 0 Å². The molecule has 2 aliphatic rings. The molecule has 0 aliphatic carbocycles. The summed E-state index contributed by atoms with van der Waals surface area (Å²) in [7, 11) is 2.08. The van der Waals surface area contributed by atoms with Gasteiger partial charge >= 0.3 is 0 Å². The quantitative estimate of drug-likeness (QED) is 0.582. The van der Waals surface area contributed by atoms with Crippen LogP contribution in [0.4, 0.5) is 5.69 Å². The molecule has 1 aromatic rings. The molecule has 0 aromatic carbocycles. The van der Waals surface area contributed by atoms with Gasteiger partial charge in [0.2, 0.25) is 0 Å². The largest absolute Gasteiger partial charge is 0.367 e. The molecule has 2 aliphatic heterocycles. The van der Waals surface area contributed by atoms with E-state index in [0.29, 0.717) is 0 Å². The van der Waals surface area contributed by atoms with Crippen molar-refractivity contribution in [3.8, 4) is 0 Å². The average Bonchev–Trinajstić information content (AvgIpc) is 2.73. The number of allylic oxidation sites excluding steroid dienone is 3. The van der Waals surface area contributed by atoms with Crippen LogP contribution in [0.15, 0.2) is 36.6 Å². The van der Waals surface area contributed by atoms with Crippen molar-refractivity contribution in [2.45, 2.75) is 0 Å². The van der Waals surface area contributed by atoms with Crippen molar-refractivity contribution in [1.82, 2.24) is 10.3 Å². The molecule has 1 fully saturated rings. The van der Waals surface area contributed by atoms with Crippen molar-refractivity contribution in [2.24, 2.45) is 0 Å². The summed E-state index contributed by atoms with van der Waals surface area (Å²) in [5, 5.41) is 3.40. The van der Waals surface area contributed by atoms with Gasteiger partial charge in [-0.1, -0.05) is 6.08 Å². The molecule has 0 amide bonds. The van der Waals surface area contributed by atoms with Crippen LogP contribution >= 0.6 is 0 Å². The monoisotopic (exact) mass is 531 g/mol. The first-order chi connectivity index (χ1) is 9.84. The van der Waals surface area contributed by atoms with E-state index in [1.54, 1.807) is 0 Å². The molecule has 1 saturated heterocycles. The summed E-state index contributed by atoms with van der Waals surface area (Å²) in [5.74, 6) is 0. The third kappa shape index (κ3) is 3.15. The van der Waals surface area contributed by atoms with Crippen LogP contribution in [0.25, 0.3) is 5.57 Å². The Morgan fingerprint density at radius 3 is 2.90 bits per heavy atom. The number of aromatic nitrogens is 1. The fourth-order valence-corrected chi connectivity index (χ4v) is 2.61. The van der Waals surface area contributed by atoms with Gasteiger partial charge in [0.15, 0.2) is 12.8 Å². The van der Waals surface area contributed by atoms with E-state index in [1.807, 2.05) is 12.3 Å². The van der Waals surface area contributed by atoms with E-state index < -0.39 is 0 Å². The number of hydrogen-bond donors (Lipinski definition) is 1. The number of hydrogen-bond acceptors (Lipinski definition) is 3. The Morgan fingerprint density at radius 2 is 2.10 bits per heavy atom. The van der Waals surface area contributed by atoms with Crippen LogP contribution in [-0.4, -0.2) is 55.5 Å². The molecular formula is C16H21LrN4+. The summed E-state index contributed by atoms with van der Waals surface area (Å²) in [5.41, 5.74) is 3.50. The molecule has 3 heterocycles. The Labute approximate surface area is 120 Å². The van der Waals surface area contributed by atoms with E-state index in [2.05, 4.69) is 57.3 Å². The standard InChI is InChI=1S/C16H21N4.Lr/c1-19-10-3-4-14(6-11-19)16-15(5-2-7-18-16)20-12-8-17-9-13-20;/h2-7,11,17H,8-10,12-13H2,1H3;/q+1;. The second-order valence-corrected chi connectivity index (χ2v) is 5.22. The first kappa shape index (κ1) is 14.5. The first-order valence-electron chi connectivity index (χ1n) is 7.17. The summed E-state index contributed by atoms with van der Waals surface area (Å²) in [6.45, 7) is 5.10. The van der Waals surface area contributed by atoms with E-state index in [9.17, 15) is 0 Å². The van der Waals surface area contributed by atoms with Crippen LogP contribution in [0.5, 0.6) is 0 Å². The van der Waals surface area contributed by atoms with Crippen LogP contribution < -0.4 is 10.2 Å². The van der Waals surface area contributed by atoms with Gasteiger partial charge < -0.3 is 10.2 Å². The van der Waals surface area contributed by atoms with Gasteiger partial charge in [-0.25, -0.2) is 4.58 Å². The molecule has 1 N–H and O–H groups in total. The summed E-state index contributed by atoms with van der Waals surface area (Å²) >= 11 is 0. The topological polar surface area (TPSA) is 31.2 Å². The Hall–Kier alpha value is -2.94. The Kier molecular flexibility index (Phi) is 4.46. The van der Waals surface area contributed by atoms with Gasteiger partial charge in [-0.3, -0.25) is 4.98 Å². The molecule has 0 saturated carbocycles. The van der Waals surface area contributed by atoms with Gasteiger partial charge in [-0.05, 0) is 18.2 Å². The van der Waals surface area contributed by atoms with Gasteiger partial charge in [0, 0.05) is 44.0 Å². The zero-order valence-electron chi connectivity index (χ0n) is 12.2. The van der Waals surface area contributed by atoms with Crippen LogP contribution in [0, 0.1) is 0 Å². The molecule has 4 nitrogen and oxygen atoms in total. The second-order valence-electron chi connectivity index (χ2n) is 5.22. The molecule has 21 heavy (non-hydrogen) atoms. The van der Waals surface area contributed by atoms with Gasteiger partial charge in [-0.15, -0.1) is 0 Å². The Balaban J connectivity index is 0.00000161. The maximum atomic E-state index is 4.62. The van der Waals surface area contributed by atoms with Crippen LogP contribution in [-0.2, 0) is 0 Å². The summed E-state index contributed by atoms with van der Waals surface area (Å²) < 4.78 is 2.16. The van der Waals surface area contributed by atoms with Crippen molar-refractivity contribution >= 4 is 17.5 Å². The third-order valence-electron chi connectivity index (χ3n) is 3.72. The van der Waals surface area contributed by atoms with E-state index in [4.69, 9.17) is 0 Å². The van der Waals surface area contributed by atoms with Crippen molar-refractivity contribution in [3.05, 3.63) is 42.3 Å². The number of nitrogens with zero attached hydrogens (tertiary/aromatic N) is 3. The van der Waals surface area contributed by atoms with Gasteiger partial charge in [0.1, 0.15) is 7.05 Å². The maximum absolute atomic E-state index is 4.62. The van der Waals surface area contributed by atoms with E-state index in [1.165, 1.54) is 11.3 Å². The van der Waals surface area contributed by atoms with Crippen molar-refractivity contribution in [1.29, 1.82) is 0 Å². The zero-order valence-corrected chi connectivity index (χ0v) is 14.3. The van der Waals surface area contributed by atoms with E-state index in [-0.39, 0.29) is 0 Å². The predicted octanol–water partition coefficient (Wildman–Crippen LogP) is 1.16. The smallest absolute Gasteiger partial charge is 0.164 e. The van der Waals surface area contributed by atoms with E-state index >= 15 is 0 Å². The minimum absolute atomic E-state index is 0. The van der Waals surface area contributed by atoms with Crippen molar-refractivity contribution in [3.63, 3.8) is 0 Å². The summed E-state index contributed by atoms with van der Waals surface area (Å²) in [6, 6.07) is 4.20. The number of anilines is 1. The number of likely N-dealkylation sites (N-methyl/N-ethyl adjacent to an activating group) is 1. The molecular weight excluding hydrogens is 510 g/mol. The van der Waals surface area contributed by atoms with Crippen LogP contribution in [0.2, 0.25) is 0 Å². The second kappa shape index (κ2) is 6.48. The molecule has 1 aromatic heterocycles. The fraction of sp³-hybridized carbons (Fsp3) is 0.375. The number of rotatable bonds is 2. The Bertz CT molecular complexity index is 571. The average molecular weight is 531 g/mol. The molecule has 0 atom stereocenters. The molecule has 1 radical (unpaired) electrons. The van der Waals surface area contributed by atoms with Crippen molar-refractivity contribution in [2.75, 3.05) is 44.7 Å². The molecule has 0 unspecified atom stereocenters. The minimum Gasteiger partial charge on any atom is -0.367 e. The zero-order chi connectivity index (χ0) is 13.8. The number of pyridine rings is 1. The van der Waals surface area contributed by atoms with Gasteiger partial charge in [0.25, 0.3) is 0 Å². The first-order valence-corrected chi connectivity index (χ1v) is 7.17. The maximum Gasteiger partial charge on any atom is 0.164 e. The SMILES string of the molecule is C[N+]1=CC=C(c2ncccc2N2CCNCC2)C=CC1.[Lr]. The molecule has 119 valence electrons. The van der Waals surface area contributed by atoms with Crippen LogP contribution in [0.3, 0.4) is 0 Å². The van der Waals surface area contributed by atoms with E-state index in [0.717, 1.165) is 38.4 Å². The van der Waals surface area contributed by atoms with Crippen molar-refractivity contribution < 1.29 is 4.58 Å². The number of nitrogens with one attached hydrogen (secondary N) is 1.